The highest BCUT2D eigenvalue weighted by atomic mass is 32.2. The summed E-state index contributed by atoms with van der Waals surface area (Å²) >= 11 is 1.11. The van der Waals surface area contributed by atoms with Crippen molar-refractivity contribution in [3.8, 4) is 0 Å². The minimum absolute atomic E-state index is 0.0102. The number of carbonyl (C=O) groups excluding carboxylic acids is 6. The number of hydrogen-bond donors (Lipinski definition) is 0. The van der Waals surface area contributed by atoms with Crippen molar-refractivity contribution in [2.24, 2.45) is 11.8 Å². The lowest BCUT2D eigenvalue weighted by atomic mass is 10.1. The number of esters is 4. The van der Waals surface area contributed by atoms with Crippen LogP contribution in [0.15, 0.2) is 0 Å². The zero-order valence-corrected chi connectivity index (χ0v) is 35.3. The fourth-order valence-corrected chi connectivity index (χ4v) is 6.12. The number of rotatable bonds is 37. The number of thioether (sulfide) groups is 1. The first-order chi connectivity index (χ1) is 26.6. The van der Waals surface area contributed by atoms with E-state index in [1.165, 1.54) is 24.9 Å². The molecule has 320 valence electrons. The van der Waals surface area contributed by atoms with Crippen molar-refractivity contribution < 1.29 is 57.2 Å². The second-order valence-electron chi connectivity index (χ2n) is 14.1. The van der Waals surface area contributed by atoms with Crippen LogP contribution in [-0.4, -0.2) is 132 Å². The maximum absolute atomic E-state index is 13.1. The number of nitrogens with zero attached hydrogens (tertiary/aromatic N) is 2. The van der Waals surface area contributed by atoms with Crippen LogP contribution in [0.2, 0.25) is 0 Å². The van der Waals surface area contributed by atoms with E-state index in [1.807, 2.05) is 19.0 Å². The van der Waals surface area contributed by atoms with E-state index >= 15 is 0 Å². The fourth-order valence-electron chi connectivity index (χ4n) is 5.31. The van der Waals surface area contributed by atoms with E-state index in [2.05, 4.69) is 13.8 Å². The van der Waals surface area contributed by atoms with E-state index in [9.17, 15) is 28.8 Å². The Morgan fingerprint density at radius 3 is 1.38 bits per heavy atom. The molecule has 0 rings (SSSR count). The molecule has 0 aromatic carbocycles. The highest BCUT2D eigenvalue weighted by Crippen LogP contribution is 2.14. The molecule has 0 aliphatic rings. The van der Waals surface area contributed by atoms with Crippen molar-refractivity contribution in [2.45, 2.75) is 123 Å². The second-order valence-corrected chi connectivity index (χ2v) is 15.2. The van der Waals surface area contributed by atoms with E-state index in [4.69, 9.17) is 28.4 Å². The number of amides is 1. The minimum atomic E-state index is -0.586. The molecule has 0 saturated heterocycles. The van der Waals surface area contributed by atoms with Crippen LogP contribution in [0.3, 0.4) is 0 Å². The Hall–Kier alpha value is -2.91. The zero-order valence-electron chi connectivity index (χ0n) is 34.5. The molecule has 0 aliphatic carbocycles. The third-order valence-corrected chi connectivity index (χ3v) is 9.59. The fraction of sp³-hybridized carbons (Fsp3) is 0.850. The van der Waals surface area contributed by atoms with Crippen LogP contribution in [0.25, 0.3) is 0 Å². The van der Waals surface area contributed by atoms with E-state index in [0.29, 0.717) is 25.1 Å². The molecule has 0 saturated carbocycles. The molecule has 15 heteroatoms. The monoisotopic (exact) mass is 804 g/mol. The third-order valence-electron chi connectivity index (χ3n) is 8.60. The van der Waals surface area contributed by atoms with Crippen molar-refractivity contribution >= 4 is 47.4 Å². The summed E-state index contributed by atoms with van der Waals surface area (Å²) in [5.74, 6) is -2.15. The van der Waals surface area contributed by atoms with E-state index in [1.54, 1.807) is 0 Å². The maximum Gasteiger partial charge on any atom is 0.307 e. The minimum Gasteiger partial charge on any atom is -0.467 e. The predicted molar refractivity (Wildman–Crippen MR) is 213 cm³/mol. The van der Waals surface area contributed by atoms with Gasteiger partial charge in [-0.25, -0.2) is 0 Å². The Bertz CT molecular complexity index is 1000. The Balaban J connectivity index is 5.22. The molecule has 0 bridgehead atoms. The third kappa shape index (κ3) is 33.0. The molecular weight excluding hydrogens is 733 g/mol. The summed E-state index contributed by atoms with van der Waals surface area (Å²) in [6.07, 6.45) is 13.6. The van der Waals surface area contributed by atoms with Crippen LogP contribution in [0.4, 0.5) is 4.79 Å². The summed E-state index contributed by atoms with van der Waals surface area (Å²) in [5, 5.41) is -0.275. The molecule has 55 heavy (non-hydrogen) atoms. The van der Waals surface area contributed by atoms with Gasteiger partial charge in [0.1, 0.15) is 19.8 Å². The first-order valence-electron chi connectivity index (χ1n) is 20.3. The summed E-state index contributed by atoms with van der Waals surface area (Å²) in [6.45, 7) is 5.44. The van der Waals surface area contributed by atoms with Crippen molar-refractivity contribution in [3.63, 3.8) is 0 Å². The van der Waals surface area contributed by atoms with Crippen LogP contribution in [0, 0.1) is 11.8 Å². The van der Waals surface area contributed by atoms with Crippen LogP contribution >= 0.6 is 11.8 Å². The Morgan fingerprint density at radius 1 is 0.545 bits per heavy atom. The standard InChI is InChI=1S/C40H72N2O12S/c1-6-8-10-12-14-16-19-36(44)51-30-35(31-52-37(45)20-17-15-13-11-9-7-2)32-54-39(47)22-25-42(40(48)55-26-18-23-41(3)4)24-21-38(46)53-29-34(27-49-5)28-50-33-43/h33-35H,6-32H2,1-5H3. The largest absolute Gasteiger partial charge is 0.467 e. The highest BCUT2D eigenvalue weighted by molar-refractivity contribution is 8.13. The number of ether oxygens (including phenoxy) is 6. The maximum atomic E-state index is 13.1. The normalized spacial score (nSPS) is 11.6. The lowest BCUT2D eigenvalue weighted by molar-refractivity contribution is -0.153. The number of hydrogen-bond acceptors (Lipinski definition) is 14. The van der Waals surface area contributed by atoms with Crippen LogP contribution in [0.5, 0.6) is 0 Å². The quantitative estimate of drug-likeness (QED) is 0.0286. The number of carbonyl (C=O) groups is 6. The molecule has 1 unspecified atom stereocenters. The summed E-state index contributed by atoms with van der Waals surface area (Å²) in [6, 6.07) is 0. The van der Waals surface area contributed by atoms with Gasteiger partial charge in [0.15, 0.2) is 0 Å². The summed E-state index contributed by atoms with van der Waals surface area (Å²) in [4.78, 5) is 77.5. The van der Waals surface area contributed by atoms with Crippen LogP contribution < -0.4 is 0 Å². The Morgan fingerprint density at radius 2 is 0.964 bits per heavy atom. The van der Waals surface area contributed by atoms with E-state index < -0.39 is 17.9 Å². The molecule has 0 aliphatic heterocycles. The molecule has 0 aromatic heterocycles. The van der Waals surface area contributed by atoms with E-state index in [-0.39, 0.29) is 88.7 Å². The lowest BCUT2D eigenvalue weighted by Gasteiger charge is -2.22. The van der Waals surface area contributed by atoms with Crippen molar-refractivity contribution in [3.05, 3.63) is 0 Å². The Labute approximate surface area is 334 Å². The van der Waals surface area contributed by atoms with E-state index in [0.717, 1.165) is 88.9 Å². The molecule has 0 N–H and O–H groups in total. The zero-order chi connectivity index (χ0) is 40.9. The lowest BCUT2D eigenvalue weighted by Crippen LogP contribution is -2.34. The van der Waals surface area contributed by atoms with Gasteiger partial charge in [-0.05, 0) is 39.9 Å². The van der Waals surface area contributed by atoms with Gasteiger partial charge in [0.2, 0.25) is 0 Å². The van der Waals surface area contributed by atoms with Crippen LogP contribution in [-0.2, 0) is 52.4 Å². The van der Waals surface area contributed by atoms with Crippen LogP contribution in [0.1, 0.15) is 123 Å². The van der Waals surface area contributed by atoms with Crippen molar-refractivity contribution in [2.75, 3.05) is 86.2 Å². The number of methoxy groups -OCH3 is 1. The first-order valence-corrected chi connectivity index (χ1v) is 21.3. The average Bonchev–Trinajstić information content (AvgIpc) is 3.16. The molecular formula is C40H72N2O12S. The molecule has 0 fully saturated rings. The van der Waals surface area contributed by atoms with Gasteiger partial charge in [0.05, 0.1) is 44.5 Å². The highest BCUT2D eigenvalue weighted by Gasteiger charge is 2.21. The molecule has 0 aromatic rings. The second kappa shape index (κ2) is 36.7. The molecule has 0 spiro atoms. The smallest absolute Gasteiger partial charge is 0.307 e. The average molecular weight is 805 g/mol. The van der Waals surface area contributed by atoms with Gasteiger partial charge in [-0.15, -0.1) is 0 Å². The first kappa shape index (κ1) is 52.1. The summed E-state index contributed by atoms with van der Waals surface area (Å²) in [7, 11) is 5.38. The van der Waals surface area contributed by atoms with Gasteiger partial charge in [0.25, 0.3) is 11.7 Å². The molecule has 1 atom stereocenters. The molecule has 0 radical (unpaired) electrons. The molecule has 14 nitrogen and oxygen atoms in total. The summed E-state index contributed by atoms with van der Waals surface area (Å²) in [5.41, 5.74) is 0. The predicted octanol–water partition coefficient (Wildman–Crippen LogP) is 6.60. The Kier molecular flexibility index (Phi) is 34.8. The van der Waals surface area contributed by atoms with Gasteiger partial charge in [-0.2, -0.15) is 0 Å². The van der Waals surface area contributed by atoms with Gasteiger partial charge >= 0.3 is 23.9 Å². The number of unbranched alkanes of at least 4 members (excludes halogenated alkanes) is 10. The van der Waals surface area contributed by atoms with Crippen molar-refractivity contribution in [1.82, 2.24) is 9.80 Å². The molecule has 1 amide bonds. The van der Waals surface area contributed by atoms with Gasteiger partial charge in [0, 0.05) is 38.8 Å². The molecule has 0 heterocycles. The summed E-state index contributed by atoms with van der Waals surface area (Å²) < 4.78 is 31.7. The van der Waals surface area contributed by atoms with Gasteiger partial charge in [-0.1, -0.05) is 89.8 Å². The topological polar surface area (TPSA) is 164 Å². The van der Waals surface area contributed by atoms with Crippen molar-refractivity contribution in [1.29, 1.82) is 0 Å². The van der Waals surface area contributed by atoms with Gasteiger partial charge < -0.3 is 38.2 Å². The van der Waals surface area contributed by atoms with Gasteiger partial charge in [-0.3, -0.25) is 28.8 Å². The SMILES string of the molecule is CCCCCCCCC(=O)OCC(COC(=O)CCCCCCCC)COC(=O)CCN(CCC(=O)OCC(COC)COC=O)C(=O)SCCCN(C)C.